The molecule has 0 bridgehead atoms. The van der Waals surface area contributed by atoms with Crippen LogP contribution >= 0.6 is 0 Å². The third-order valence-electron chi connectivity index (χ3n) is 5.23. The van der Waals surface area contributed by atoms with Crippen molar-refractivity contribution in [1.29, 1.82) is 0 Å². The average Bonchev–Trinajstić information content (AvgIpc) is 2.88. The molecule has 7 nitrogen and oxygen atoms in total. The summed E-state index contributed by atoms with van der Waals surface area (Å²) in [6.07, 6.45) is 0.470. The molecule has 1 aromatic rings. The van der Waals surface area contributed by atoms with Gasteiger partial charge in [0.25, 0.3) is 0 Å². The van der Waals surface area contributed by atoms with Gasteiger partial charge in [-0.15, -0.1) is 0 Å². The van der Waals surface area contributed by atoms with Crippen molar-refractivity contribution in [3.63, 3.8) is 0 Å². The Morgan fingerprint density at radius 1 is 1.26 bits per heavy atom. The fraction of sp³-hybridized carbons (Fsp3) is 0.600. The third kappa shape index (κ3) is 4.91. The SMILES string of the molecule is COc1ccc(CN2CCN(C(=O)NC(C)C)CC3(CNC(=O)C3)C2)cc1. The number of rotatable bonds is 4. The standard InChI is InChI=1S/C20H30N4O3/c1-15(2)22-19(26)24-9-8-23(11-16-4-6-17(27-3)7-5-16)13-20(14-24)10-18(25)21-12-20/h4-7,15H,8-14H2,1-3H3,(H,21,25)(H,22,26). The van der Waals surface area contributed by atoms with Gasteiger partial charge < -0.3 is 20.3 Å². The lowest BCUT2D eigenvalue weighted by Gasteiger charge is -2.33. The summed E-state index contributed by atoms with van der Waals surface area (Å²) in [5, 5.41) is 5.95. The van der Waals surface area contributed by atoms with Gasteiger partial charge in [0, 0.05) is 57.1 Å². The highest BCUT2D eigenvalue weighted by Gasteiger charge is 2.43. The van der Waals surface area contributed by atoms with Gasteiger partial charge in [-0.2, -0.15) is 0 Å². The van der Waals surface area contributed by atoms with E-state index in [1.54, 1.807) is 7.11 Å². The predicted molar refractivity (Wildman–Crippen MR) is 104 cm³/mol. The van der Waals surface area contributed by atoms with E-state index in [4.69, 9.17) is 4.74 Å². The number of amides is 3. The molecule has 1 atom stereocenters. The van der Waals surface area contributed by atoms with E-state index in [9.17, 15) is 9.59 Å². The molecule has 0 saturated carbocycles. The molecule has 3 rings (SSSR count). The molecule has 1 spiro atoms. The fourth-order valence-corrected chi connectivity index (χ4v) is 3.96. The molecule has 2 N–H and O–H groups in total. The molecule has 27 heavy (non-hydrogen) atoms. The Hall–Kier alpha value is -2.28. The first-order valence-electron chi connectivity index (χ1n) is 9.56. The van der Waals surface area contributed by atoms with Gasteiger partial charge in [-0.1, -0.05) is 12.1 Å². The van der Waals surface area contributed by atoms with E-state index in [0.717, 1.165) is 25.4 Å². The first-order valence-corrected chi connectivity index (χ1v) is 9.56. The minimum Gasteiger partial charge on any atom is -0.497 e. The first kappa shape index (κ1) is 19.5. The first-order chi connectivity index (χ1) is 12.9. The number of hydrogen-bond donors (Lipinski definition) is 2. The largest absolute Gasteiger partial charge is 0.497 e. The minimum atomic E-state index is -0.228. The van der Waals surface area contributed by atoms with Gasteiger partial charge in [0.1, 0.15) is 5.75 Å². The lowest BCUT2D eigenvalue weighted by molar-refractivity contribution is -0.119. The van der Waals surface area contributed by atoms with Crippen LogP contribution in [0.1, 0.15) is 25.8 Å². The quantitative estimate of drug-likeness (QED) is 0.836. The van der Waals surface area contributed by atoms with Crippen LogP contribution in [0.2, 0.25) is 0 Å². The molecule has 1 aromatic carbocycles. The van der Waals surface area contributed by atoms with Crippen LogP contribution in [0.3, 0.4) is 0 Å². The number of benzene rings is 1. The van der Waals surface area contributed by atoms with E-state index in [2.05, 4.69) is 27.7 Å². The van der Waals surface area contributed by atoms with Gasteiger partial charge >= 0.3 is 6.03 Å². The monoisotopic (exact) mass is 374 g/mol. The Morgan fingerprint density at radius 2 is 2.00 bits per heavy atom. The number of ether oxygens (including phenoxy) is 1. The van der Waals surface area contributed by atoms with E-state index < -0.39 is 0 Å². The number of methoxy groups -OCH3 is 1. The summed E-state index contributed by atoms with van der Waals surface area (Å²) in [5.41, 5.74) is 0.970. The van der Waals surface area contributed by atoms with Crippen molar-refractivity contribution in [3.05, 3.63) is 29.8 Å². The topological polar surface area (TPSA) is 73.9 Å². The van der Waals surface area contributed by atoms with Gasteiger partial charge in [-0.25, -0.2) is 4.79 Å². The van der Waals surface area contributed by atoms with Crippen LogP contribution in [0, 0.1) is 5.41 Å². The Labute approximate surface area is 161 Å². The van der Waals surface area contributed by atoms with Crippen LogP contribution in [0.5, 0.6) is 5.75 Å². The third-order valence-corrected chi connectivity index (χ3v) is 5.23. The Morgan fingerprint density at radius 3 is 2.59 bits per heavy atom. The zero-order chi connectivity index (χ0) is 19.4. The zero-order valence-corrected chi connectivity index (χ0v) is 16.5. The maximum absolute atomic E-state index is 12.6. The molecule has 2 aliphatic rings. The maximum atomic E-state index is 12.6. The predicted octanol–water partition coefficient (Wildman–Crippen LogP) is 1.44. The number of carbonyl (C=O) groups excluding carboxylic acids is 2. The van der Waals surface area contributed by atoms with Crippen LogP contribution in [0.4, 0.5) is 4.79 Å². The summed E-state index contributed by atoms with van der Waals surface area (Å²) in [7, 11) is 1.66. The molecule has 0 aromatic heterocycles. The molecule has 1 unspecified atom stereocenters. The Bertz CT molecular complexity index is 676. The fourth-order valence-electron chi connectivity index (χ4n) is 3.96. The molecule has 3 amide bonds. The number of hydrogen-bond acceptors (Lipinski definition) is 4. The molecule has 2 aliphatic heterocycles. The van der Waals surface area contributed by atoms with E-state index in [0.29, 0.717) is 26.1 Å². The second kappa shape index (κ2) is 8.17. The summed E-state index contributed by atoms with van der Waals surface area (Å²) in [6, 6.07) is 8.11. The normalized spacial score (nSPS) is 23.4. The highest BCUT2D eigenvalue weighted by Crippen LogP contribution is 2.31. The highest BCUT2D eigenvalue weighted by atomic mass is 16.5. The molecule has 7 heteroatoms. The van der Waals surface area contributed by atoms with Gasteiger partial charge in [0.2, 0.25) is 5.91 Å². The maximum Gasteiger partial charge on any atom is 0.317 e. The lowest BCUT2D eigenvalue weighted by atomic mass is 9.86. The Kier molecular flexibility index (Phi) is 5.89. The molecule has 2 fully saturated rings. The van der Waals surface area contributed by atoms with Crippen molar-refractivity contribution in [2.75, 3.05) is 39.8 Å². The lowest BCUT2D eigenvalue weighted by Crippen LogP contribution is -2.48. The van der Waals surface area contributed by atoms with Gasteiger partial charge in [-0.05, 0) is 31.5 Å². The van der Waals surface area contributed by atoms with Gasteiger partial charge in [-0.3, -0.25) is 9.69 Å². The summed E-state index contributed by atoms with van der Waals surface area (Å²) < 4.78 is 5.23. The second-order valence-corrected chi connectivity index (χ2v) is 8.04. The second-order valence-electron chi connectivity index (χ2n) is 8.04. The van der Waals surface area contributed by atoms with Crippen molar-refractivity contribution in [2.45, 2.75) is 32.9 Å². The van der Waals surface area contributed by atoms with Crippen molar-refractivity contribution in [3.8, 4) is 5.75 Å². The van der Waals surface area contributed by atoms with Gasteiger partial charge in [0.15, 0.2) is 0 Å². The minimum absolute atomic E-state index is 0.0463. The summed E-state index contributed by atoms with van der Waals surface area (Å²) >= 11 is 0. The molecular formula is C20H30N4O3. The molecular weight excluding hydrogens is 344 g/mol. The smallest absolute Gasteiger partial charge is 0.317 e. The molecule has 0 radical (unpaired) electrons. The average molecular weight is 374 g/mol. The van der Waals surface area contributed by atoms with Crippen molar-refractivity contribution in [2.24, 2.45) is 5.41 Å². The molecule has 2 saturated heterocycles. The van der Waals surface area contributed by atoms with E-state index >= 15 is 0 Å². The number of urea groups is 1. The van der Waals surface area contributed by atoms with Crippen LogP contribution in [0.25, 0.3) is 0 Å². The van der Waals surface area contributed by atoms with Crippen molar-refractivity contribution >= 4 is 11.9 Å². The molecule has 0 aliphatic carbocycles. The van der Waals surface area contributed by atoms with E-state index in [1.165, 1.54) is 5.56 Å². The van der Waals surface area contributed by atoms with Crippen LogP contribution in [-0.2, 0) is 11.3 Å². The number of carbonyl (C=O) groups is 2. The molecule has 148 valence electrons. The van der Waals surface area contributed by atoms with E-state index in [-0.39, 0.29) is 23.4 Å². The van der Waals surface area contributed by atoms with Crippen molar-refractivity contribution < 1.29 is 14.3 Å². The zero-order valence-electron chi connectivity index (χ0n) is 16.5. The van der Waals surface area contributed by atoms with Gasteiger partial charge in [0.05, 0.1) is 7.11 Å². The summed E-state index contributed by atoms with van der Waals surface area (Å²) in [6.45, 7) is 8.17. The Balaban J connectivity index is 1.74. The highest BCUT2D eigenvalue weighted by molar-refractivity contribution is 5.80. The summed E-state index contributed by atoms with van der Waals surface area (Å²) in [5.74, 6) is 0.915. The summed E-state index contributed by atoms with van der Waals surface area (Å²) in [4.78, 5) is 28.8. The van der Waals surface area contributed by atoms with Crippen LogP contribution < -0.4 is 15.4 Å². The van der Waals surface area contributed by atoms with E-state index in [1.807, 2.05) is 30.9 Å². The molecule has 2 heterocycles. The van der Waals surface area contributed by atoms with Crippen molar-refractivity contribution in [1.82, 2.24) is 20.4 Å². The van der Waals surface area contributed by atoms with Crippen LogP contribution in [-0.4, -0.2) is 67.6 Å². The van der Waals surface area contributed by atoms with Crippen LogP contribution in [0.15, 0.2) is 24.3 Å². The number of nitrogens with one attached hydrogen (secondary N) is 2. The number of nitrogens with zero attached hydrogens (tertiary/aromatic N) is 2.